The van der Waals surface area contributed by atoms with E-state index in [4.69, 9.17) is 0 Å². The zero-order valence-electron chi connectivity index (χ0n) is 20.6. The van der Waals surface area contributed by atoms with E-state index in [9.17, 15) is 14.4 Å². The van der Waals surface area contributed by atoms with Crippen LogP contribution >= 0.6 is 0 Å². The van der Waals surface area contributed by atoms with Crippen LogP contribution in [0.1, 0.15) is 49.4 Å². The lowest BCUT2D eigenvalue weighted by Gasteiger charge is -2.32. The topological polar surface area (TPSA) is 91.4 Å². The van der Waals surface area contributed by atoms with Crippen LogP contribution in [0.15, 0.2) is 72.9 Å². The Balaban J connectivity index is 1.93. The molecule has 0 aliphatic rings. The first kappa shape index (κ1) is 25.6. The van der Waals surface area contributed by atoms with Gasteiger partial charge in [0.25, 0.3) is 0 Å². The van der Waals surface area contributed by atoms with E-state index < -0.39 is 6.04 Å². The van der Waals surface area contributed by atoms with Crippen LogP contribution in [0.4, 0.5) is 11.5 Å². The van der Waals surface area contributed by atoms with Crippen molar-refractivity contribution in [3.8, 4) is 0 Å². The quantitative estimate of drug-likeness (QED) is 0.472. The number of hydrogen-bond acceptors (Lipinski definition) is 4. The van der Waals surface area contributed by atoms with Crippen molar-refractivity contribution in [1.29, 1.82) is 0 Å². The molecular weight excluding hydrogens is 440 g/mol. The molecule has 0 aliphatic carbocycles. The van der Waals surface area contributed by atoms with Crippen molar-refractivity contribution in [3.05, 3.63) is 89.6 Å². The van der Waals surface area contributed by atoms with Crippen molar-refractivity contribution in [2.24, 2.45) is 0 Å². The molecule has 7 heteroatoms. The highest BCUT2D eigenvalue weighted by molar-refractivity contribution is 6.03. The minimum Gasteiger partial charge on any atom is -0.352 e. The van der Waals surface area contributed by atoms with Gasteiger partial charge in [0, 0.05) is 30.8 Å². The molecule has 0 aliphatic heterocycles. The maximum absolute atomic E-state index is 13.6. The van der Waals surface area contributed by atoms with Crippen LogP contribution in [0.5, 0.6) is 0 Å². The predicted molar refractivity (Wildman–Crippen MR) is 138 cm³/mol. The normalized spacial score (nSPS) is 11.6. The molecule has 0 spiro atoms. The minimum atomic E-state index is -0.883. The zero-order chi connectivity index (χ0) is 25.4. The summed E-state index contributed by atoms with van der Waals surface area (Å²) in [6.45, 7) is 7.66. The molecule has 2 aromatic carbocycles. The summed E-state index contributed by atoms with van der Waals surface area (Å²) in [6.07, 6.45) is 1.48. The molecular formula is C28H32N4O3. The number of aromatic nitrogens is 1. The fourth-order valence-corrected chi connectivity index (χ4v) is 3.73. The number of hydrogen-bond donors (Lipinski definition) is 2. The van der Waals surface area contributed by atoms with E-state index in [1.807, 2.05) is 76.2 Å². The smallest absolute Gasteiger partial charge is 0.248 e. The summed E-state index contributed by atoms with van der Waals surface area (Å²) in [4.78, 5) is 45.1. The van der Waals surface area contributed by atoms with Gasteiger partial charge in [-0.15, -0.1) is 0 Å². The van der Waals surface area contributed by atoms with Crippen LogP contribution in [0.2, 0.25) is 0 Å². The SMILES string of the molecule is Cc1ccc([C@@H](C(=O)NC(C)C)N(C(=O)CCC(=O)Nc2ccccn2)c2cccc(C)c2)cc1. The second-order valence-corrected chi connectivity index (χ2v) is 8.84. The van der Waals surface area contributed by atoms with Crippen LogP contribution in [0.3, 0.4) is 0 Å². The van der Waals surface area contributed by atoms with Crippen molar-refractivity contribution in [2.75, 3.05) is 10.2 Å². The number of anilines is 2. The molecule has 0 saturated carbocycles. The van der Waals surface area contributed by atoms with Crippen LogP contribution in [-0.4, -0.2) is 28.7 Å². The highest BCUT2D eigenvalue weighted by Gasteiger charge is 2.33. The molecule has 1 atom stereocenters. The summed E-state index contributed by atoms with van der Waals surface area (Å²) in [7, 11) is 0. The molecule has 0 radical (unpaired) electrons. The zero-order valence-corrected chi connectivity index (χ0v) is 20.6. The lowest BCUT2D eigenvalue weighted by molar-refractivity contribution is -0.127. The summed E-state index contributed by atoms with van der Waals surface area (Å²) in [6, 6.07) is 19.3. The van der Waals surface area contributed by atoms with E-state index in [1.54, 1.807) is 24.4 Å². The lowest BCUT2D eigenvalue weighted by atomic mass is 10.0. The van der Waals surface area contributed by atoms with Gasteiger partial charge >= 0.3 is 0 Å². The molecule has 0 bridgehead atoms. The fraction of sp³-hybridized carbons (Fsp3) is 0.286. The predicted octanol–water partition coefficient (Wildman–Crippen LogP) is 4.72. The largest absolute Gasteiger partial charge is 0.352 e. The van der Waals surface area contributed by atoms with Crippen molar-refractivity contribution < 1.29 is 14.4 Å². The molecule has 0 unspecified atom stereocenters. The van der Waals surface area contributed by atoms with E-state index >= 15 is 0 Å². The Labute approximate surface area is 206 Å². The lowest BCUT2D eigenvalue weighted by Crippen LogP contribution is -2.46. The Morgan fingerprint density at radius 3 is 2.26 bits per heavy atom. The molecule has 3 aromatic rings. The molecule has 0 fully saturated rings. The standard InChI is InChI=1S/C28H32N4O3/c1-19(2)30-28(35)27(22-13-11-20(3)12-14-22)32(23-9-7-8-21(4)18-23)26(34)16-15-25(33)31-24-10-5-6-17-29-24/h5-14,17-19,27H,15-16H2,1-4H3,(H,30,35)(H,29,31,33)/t27-/m0/s1. The fourth-order valence-electron chi connectivity index (χ4n) is 3.73. The van der Waals surface area contributed by atoms with Gasteiger partial charge in [-0.1, -0.05) is 48.0 Å². The van der Waals surface area contributed by atoms with Gasteiger partial charge in [0.2, 0.25) is 17.7 Å². The molecule has 1 aromatic heterocycles. The van der Waals surface area contributed by atoms with Gasteiger partial charge in [-0.05, 0) is 63.1 Å². The van der Waals surface area contributed by atoms with Gasteiger partial charge in [-0.25, -0.2) is 4.98 Å². The van der Waals surface area contributed by atoms with Gasteiger partial charge in [-0.2, -0.15) is 0 Å². The van der Waals surface area contributed by atoms with Gasteiger partial charge in [0.15, 0.2) is 0 Å². The molecule has 182 valence electrons. The number of amides is 3. The van der Waals surface area contributed by atoms with Crippen LogP contribution < -0.4 is 15.5 Å². The maximum atomic E-state index is 13.6. The number of carbonyl (C=O) groups is 3. The molecule has 3 amide bonds. The monoisotopic (exact) mass is 472 g/mol. The summed E-state index contributed by atoms with van der Waals surface area (Å²) in [5.74, 6) is -0.498. The Hall–Kier alpha value is -4.00. The van der Waals surface area contributed by atoms with E-state index in [2.05, 4.69) is 15.6 Å². The number of carbonyl (C=O) groups excluding carboxylic acids is 3. The number of nitrogens with zero attached hydrogens (tertiary/aromatic N) is 2. The third-order valence-corrected chi connectivity index (χ3v) is 5.38. The molecule has 7 nitrogen and oxygen atoms in total. The van der Waals surface area contributed by atoms with Gasteiger partial charge in [0.05, 0.1) is 0 Å². The summed E-state index contributed by atoms with van der Waals surface area (Å²) in [5, 5.41) is 5.65. The first-order valence-corrected chi connectivity index (χ1v) is 11.7. The van der Waals surface area contributed by atoms with Crippen LogP contribution in [0, 0.1) is 13.8 Å². The third kappa shape index (κ3) is 7.24. The number of nitrogens with one attached hydrogen (secondary N) is 2. The number of aryl methyl sites for hydroxylation is 2. The van der Waals surface area contributed by atoms with Gasteiger partial charge < -0.3 is 10.6 Å². The first-order chi connectivity index (χ1) is 16.7. The number of pyridine rings is 1. The highest BCUT2D eigenvalue weighted by atomic mass is 16.2. The Bertz CT molecular complexity index is 1160. The summed E-state index contributed by atoms with van der Waals surface area (Å²) >= 11 is 0. The molecule has 35 heavy (non-hydrogen) atoms. The highest BCUT2D eigenvalue weighted by Crippen LogP contribution is 2.30. The summed E-state index contributed by atoms with van der Waals surface area (Å²) < 4.78 is 0. The first-order valence-electron chi connectivity index (χ1n) is 11.7. The van der Waals surface area contributed by atoms with E-state index in [-0.39, 0.29) is 36.6 Å². The molecule has 0 saturated heterocycles. The van der Waals surface area contributed by atoms with Gasteiger partial charge in [-0.3, -0.25) is 19.3 Å². The Morgan fingerprint density at radius 1 is 0.886 bits per heavy atom. The van der Waals surface area contributed by atoms with Gasteiger partial charge in [0.1, 0.15) is 11.9 Å². The summed E-state index contributed by atoms with van der Waals surface area (Å²) in [5.41, 5.74) is 3.31. The minimum absolute atomic E-state index is 0.0376. The number of benzene rings is 2. The van der Waals surface area contributed by atoms with Crippen LogP contribution in [-0.2, 0) is 14.4 Å². The van der Waals surface area contributed by atoms with Crippen LogP contribution in [0.25, 0.3) is 0 Å². The van der Waals surface area contributed by atoms with Crippen molar-refractivity contribution in [3.63, 3.8) is 0 Å². The van der Waals surface area contributed by atoms with Crippen molar-refractivity contribution in [2.45, 2.75) is 52.6 Å². The van der Waals surface area contributed by atoms with E-state index in [1.165, 1.54) is 4.90 Å². The molecule has 1 heterocycles. The molecule has 3 rings (SSSR count). The van der Waals surface area contributed by atoms with E-state index in [0.29, 0.717) is 17.1 Å². The van der Waals surface area contributed by atoms with Crippen molar-refractivity contribution >= 4 is 29.2 Å². The Kier molecular flexibility index (Phi) is 8.73. The van der Waals surface area contributed by atoms with Crippen molar-refractivity contribution in [1.82, 2.24) is 10.3 Å². The second kappa shape index (κ2) is 11.9. The third-order valence-electron chi connectivity index (χ3n) is 5.38. The van der Waals surface area contributed by atoms with E-state index in [0.717, 1.165) is 11.1 Å². The average Bonchev–Trinajstić information content (AvgIpc) is 2.82. The second-order valence-electron chi connectivity index (χ2n) is 8.84. The molecule has 2 N–H and O–H groups in total. The number of rotatable bonds is 9. The Morgan fingerprint density at radius 2 is 1.63 bits per heavy atom. The average molecular weight is 473 g/mol. The maximum Gasteiger partial charge on any atom is 0.248 e.